The lowest BCUT2D eigenvalue weighted by atomic mass is 10.0. The van der Waals surface area contributed by atoms with Gasteiger partial charge in [-0.15, -0.1) is 0 Å². The molecule has 108 valence electrons. The largest absolute Gasteiger partial charge is 0.306 e. The van der Waals surface area contributed by atoms with E-state index in [1.165, 1.54) is 0 Å². The third kappa shape index (κ3) is 2.85. The second-order valence-electron chi connectivity index (χ2n) is 4.42. The number of benzene rings is 1. The summed E-state index contributed by atoms with van der Waals surface area (Å²) >= 11 is 0. The average molecular weight is 283 g/mol. The van der Waals surface area contributed by atoms with Crippen LogP contribution in [0.5, 0.6) is 0 Å². The SMILES string of the molecule is CCNC(c1cc(F)c(F)c(F)c1)c1cnn(CC)c1. The molecule has 0 bridgehead atoms. The van der Waals surface area contributed by atoms with Gasteiger partial charge < -0.3 is 5.32 Å². The number of halogens is 3. The maximum absolute atomic E-state index is 13.4. The molecule has 0 saturated carbocycles. The van der Waals surface area contributed by atoms with Gasteiger partial charge in [0, 0.05) is 18.3 Å². The van der Waals surface area contributed by atoms with E-state index in [0.29, 0.717) is 18.7 Å². The smallest absolute Gasteiger partial charge is 0.194 e. The van der Waals surface area contributed by atoms with Crippen LogP contribution >= 0.6 is 0 Å². The van der Waals surface area contributed by atoms with Gasteiger partial charge in [-0.25, -0.2) is 13.2 Å². The molecule has 20 heavy (non-hydrogen) atoms. The lowest BCUT2D eigenvalue weighted by Crippen LogP contribution is -2.22. The maximum atomic E-state index is 13.4. The normalized spacial score (nSPS) is 12.7. The minimum Gasteiger partial charge on any atom is -0.306 e. The number of hydrogen-bond donors (Lipinski definition) is 1. The van der Waals surface area contributed by atoms with Gasteiger partial charge in [-0.1, -0.05) is 6.92 Å². The number of aryl methyl sites for hydroxylation is 1. The quantitative estimate of drug-likeness (QED) is 0.855. The average Bonchev–Trinajstić information content (AvgIpc) is 2.90. The second-order valence-corrected chi connectivity index (χ2v) is 4.42. The van der Waals surface area contributed by atoms with Gasteiger partial charge in [0.05, 0.1) is 12.2 Å². The van der Waals surface area contributed by atoms with Gasteiger partial charge in [0.1, 0.15) is 0 Å². The molecular weight excluding hydrogens is 267 g/mol. The Balaban J connectivity index is 2.42. The molecule has 2 aromatic rings. The van der Waals surface area contributed by atoms with Crippen LogP contribution in [-0.4, -0.2) is 16.3 Å². The Morgan fingerprint density at radius 3 is 2.30 bits per heavy atom. The zero-order chi connectivity index (χ0) is 14.7. The highest BCUT2D eigenvalue weighted by atomic mass is 19.2. The molecule has 0 radical (unpaired) electrons. The predicted molar refractivity (Wildman–Crippen MR) is 69.7 cm³/mol. The molecule has 1 aromatic carbocycles. The number of hydrogen-bond acceptors (Lipinski definition) is 2. The fourth-order valence-corrected chi connectivity index (χ4v) is 2.08. The fourth-order valence-electron chi connectivity index (χ4n) is 2.08. The first kappa shape index (κ1) is 14.6. The Labute approximate surface area is 115 Å². The topological polar surface area (TPSA) is 29.9 Å². The highest BCUT2D eigenvalue weighted by Gasteiger charge is 2.19. The molecule has 0 amide bonds. The van der Waals surface area contributed by atoms with Crippen LogP contribution in [0.1, 0.15) is 31.0 Å². The zero-order valence-corrected chi connectivity index (χ0v) is 11.3. The van der Waals surface area contributed by atoms with Gasteiger partial charge in [0.2, 0.25) is 0 Å². The molecule has 1 aromatic heterocycles. The van der Waals surface area contributed by atoms with Crippen LogP contribution in [0.15, 0.2) is 24.5 Å². The highest BCUT2D eigenvalue weighted by molar-refractivity contribution is 5.30. The Kier molecular flexibility index (Phi) is 4.44. The van der Waals surface area contributed by atoms with Crippen molar-refractivity contribution in [1.82, 2.24) is 15.1 Å². The van der Waals surface area contributed by atoms with Crippen molar-refractivity contribution in [1.29, 1.82) is 0 Å². The van der Waals surface area contributed by atoms with Crippen molar-refractivity contribution in [2.45, 2.75) is 26.4 Å². The lowest BCUT2D eigenvalue weighted by molar-refractivity contribution is 0.442. The minimum absolute atomic E-state index is 0.332. The van der Waals surface area contributed by atoms with Gasteiger partial charge in [-0.05, 0) is 31.2 Å². The molecule has 3 nitrogen and oxygen atoms in total. The van der Waals surface area contributed by atoms with Gasteiger partial charge in [-0.3, -0.25) is 4.68 Å². The van der Waals surface area contributed by atoms with E-state index in [0.717, 1.165) is 17.7 Å². The maximum Gasteiger partial charge on any atom is 0.194 e. The second kappa shape index (κ2) is 6.09. The number of nitrogens with one attached hydrogen (secondary N) is 1. The van der Waals surface area contributed by atoms with Crippen LogP contribution < -0.4 is 5.32 Å². The predicted octanol–water partition coefficient (Wildman–Crippen LogP) is 3.02. The van der Waals surface area contributed by atoms with E-state index >= 15 is 0 Å². The fraction of sp³-hybridized carbons (Fsp3) is 0.357. The zero-order valence-electron chi connectivity index (χ0n) is 11.3. The lowest BCUT2D eigenvalue weighted by Gasteiger charge is -2.17. The van der Waals surface area contributed by atoms with Crippen molar-refractivity contribution >= 4 is 0 Å². The molecule has 0 aliphatic rings. The van der Waals surface area contributed by atoms with E-state index in [2.05, 4.69) is 10.4 Å². The molecule has 0 aliphatic heterocycles. The van der Waals surface area contributed by atoms with Crippen molar-refractivity contribution in [3.63, 3.8) is 0 Å². The van der Waals surface area contributed by atoms with Crippen LogP contribution in [-0.2, 0) is 6.54 Å². The highest BCUT2D eigenvalue weighted by Crippen LogP contribution is 2.24. The molecule has 0 aliphatic carbocycles. The molecule has 0 fully saturated rings. The van der Waals surface area contributed by atoms with Crippen LogP contribution in [0.25, 0.3) is 0 Å². The summed E-state index contributed by atoms with van der Waals surface area (Å²) in [5.41, 5.74) is 1.11. The summed E-state index contributed by atoms with van der Waals surface area (Å²) in [4.78, 5) is 0. The first-order valence-corrected chi connectivity index (χ1v) is 6.47. The Bertz CT molecular complexity index is 572. The third-order valence-electron chi connectivity index (χ3n) is 3.06. The van der Waals surface area contributed by atoms with Crippen LogP contribution in [0.4, 0.5) is 13.2 Å². The Hall–Kier alpha value is -1.82. The molecular formula is C14H16F3N3. The van der Waals surface area contributed by atoms with Crippen LogP contribution in [0.3, 0.4) is 0 Å². The van der Waals surface area contributed by atoms with Crippen LogP contribution in [0, 0.1) is 17.5 Å². The third-order valence-corrected chi connectivity index (χ3v) is 3.06. The van der Waals surface area contributed by atoms with E-state index in [9.17, 15) is 13.2 Å². The van der Waals surface area contributed by atoms with Crippen molar-refractivity contribution in [3.8, 4) is 0 Å². The summed E-state index contributed by atoms with van der Waals surface area (Å²) in [6.07, 6.45) is 3.43. The van der Waals surface area contributed by atoms with Gasteiger partial charge in [0.25, 0.3) is 0 Å². The summed E-state index contributed by atoms with van der Waals surface area (Å²) in [6.45, 7) is 5.12. The molecule has 1 N–H and O–H groups in total. The summed E-state index contributed by atoms with van der Waals surface area (Å²) < 4.78 is 41.5. The Morgan fingerprint density at radius 1 is 1.15 bits per heavy atom. The van der Waals surface area contributed by atoms with Crippen molar-refractivity contribution in [3.05, 3.63) is 53.1 Å². The summed E-state index contributed by atoms with van der Waals surface area (Å²) in [5.74, 6) is -3.83. The summed E-state index contributed by atoms with van der Waals surface area (Å²) in [6, 6.07) is 1.59. The van der Waals surface area contributed by atoms with Gasteiger partial charge in [0.15, 0.2) is 17.5 Å². The molecule has 1 unspecified atom stereocenters. The summed E-state index contributed by atoms with van der Waals surface area (Å²) in [5, 5.41) is 7.26. The first-order valence-electron chi connectivity index (χ1n) is 6.47. The van der Waals surface area contributed by atoms with Crippen molar-refractivity contribution in [2.24, 2.45) is 0 Å². The molecule has 2 rings (SSSR count). The molecule has 1 atom stereocenters. The van der Waals surface area contributed by atoms with E-state index < -0.39 is 23.5 Å². The summed E-state index contributed by atoms with van der Waals surface area (Å²) in [7, 11) is 0. The standard InChI is InChI=1S/C14H16F3N3/c1-3-18-14(10-7-19-20(4-2)8-10)9-5-11(15)13(17)12(16)6-9/h5-8,14,18H,3-4H2,1-2H3. The van der Waals surface area contributed by atoms with Gasteiger partial charge in [-0.2, -0.15) is 5.10 Å². The molecule has 0 spiro atoms. The van der Waals surface area contributed by atoms with Crippen molar-refractivity contribution in [2.75, 3.05) is 6.54 Å². The minimum atomic E-state index is -1.45. The Morgan fingerprint density at radius 2 is 1.80 bits per heavy atom. The molecule has 0 saturated heterocycles. The van der Waals surface area contributed by atoms with Gasteiger partial charge >= 0.3 is 0 Å². The van der Waals surface area contributed by atoms with E-state index in [1.54, 1.807) is 17.1 Å². The number of aromatic nitrogens is 2. The van der Waals surface area contributed by atoms with Crippen LogP contribution in [0.2, 0.25) is 0 Å². The van der Waals surface area contributed by atoms with E-state index in [1.807, 2.05) is 13.8 Å². The molecule has 1 heterocycles. The van der Waals surface area contributed by atoms with E-state index in [-0.39, 0.29) is 0 Å². The number of rotatable bonds is 5. The number of nitrogens with zero attached hydrogens (tertiary/aromatic N) is 2. The van der Waals surface area contributed by atoms with E-state index in [4.69, 9.17) is 0 Å². The monoisotopic (exact) mass is 283 g/mol. The first-order chi connectivity index (χ1) is 9.56. The molecule has 6 heteroatoms. The van der Waals surface area contributed by atoms with Crippen molar-refractivity contribution < 1.29 is 13.2 Å².